The summed E-state index contributed by atoms with van der Waals surface area (Å²) in [6, 6.07) is 13.9. The summed E-state index contributed by atoms with van der Waals surface area (Å²) in [6.07, 6.45) is 2.77. The molecule has 1 aromatic carbocycles. The van der Waals surface area contributed by atoms with E-state index in [1.807, 2.05) is 6.07 Å². The molecule has 1 N–H and O–H groups in total. The fourth-order valence-corrected chi connectivity index (χ4v) is 2.60. The Kier molecular flexibility index (Phi) is 5.60. The van der Waals surface area contributed by atoms with Gasteiger partial charge in [-0.1, -0.05) is 23.2 Å². The van der Waals surface area contributed by atoms with E-state index in [9.17, 15) is 10.1 Å². The van der Waals surface area contributed by atoms with Gasteiger partial charge in [-0.25, -0.2) is 4.98 Å². The topological polar surface area (TPSA) is 78.9 Å². The number of carbonyl (C=O) groups excluding carboxylic acids is 1. The lowest BCUT2D eigenvalue weighted by atomic mass is 10.0. The highest BCUT2D eigenvalue weighted by molar-refractivity contribution is 6.30. The summed E-state index contributed by atoms with van der Waals surface area (Å²) in [5, 5.41) is 13.3. The van der Waals surface area contributed by atoms with Crippen LogP contribution in [0.5, 0.6) is 0 Å². The molecule has 0 aliphatic rings. The molecule has 0 unspecified atom stereocenters. The fourth-order valence-electron chi connectivity index (χ4n) is 2.36. The maximum absolute atomic E-state index is 12.7. The van der Waals surface area contributed by atoms with Crippen LogP contribution in [0.2, 0.25) is 10.0 Å². The number of nitriles is 1. The first kappa shape index (κ1) is 18.7. The van der Waals surface area contributed by atoms with E-state index in [4.69, 9.17) is 27.6 Å². The Morgan fingerprint density at radius 3 is 2.52 bits per heavy atom. The van der Waals surface area contributed by atoms with Gasteiger partial charge in [-0.3, -0.25) is 4.79 Å². The molecule has 0 amide bonds. The van der Waals surface area contributed by atoms with E-state index in [-0.39, 0.29) is 5.57 Å². The van der Waals surface area contributed by atoms with Crippen LogP contribution in [0.3, 0.4) is 0 Å². The van der Waals surface area contributed by atoms with E-state index in [1.165, 1.54) is 12.4 Å². The second-order valence-corrected chi connectivity index (χ2v) is 6.47. The zero-order valence-corrected chi connectivity index (χ0v) is 15.7. The Morgan fingerprint density at radius 1 is 1.19 bits per heavy atom. The number of hydrogen-bond acceptors (Lipinski definition) is 5. The summed E-state index contributed by atoms with van der Waals surface area (Å²) < 4.78 is 5.68. The number of hydrogen-bond donors (Lipinski definition) is 1. The standard InChI is InChI=1S/C20H13Cl2N3O2/c1-12-17(8-18(27-12)13-2-4-15(21)5-3-13)20(26)14(9-23)10-24-19-7-6-16(22)11-25-19/h2-8,10-11H,1H3,(H,24,25). The summed E-state index contributed by atoms with van der Waals surface area (Å²) in [6.45, 7) is 1.68. The summed E-state index contributed by atoms with van der Waals surface area (Å²) in [5.74, 6) is 0.971. The molecule has 7 heteroatoms. The number of nitrogens with one attached hydrogen (secondary N) is 1. The molecule has 134 valence electrons. The highest BCUT2D eigenvalue weighted by atomic mass is 35.5. The Balaban J connectivity index is 1.85. The maximum atomic E-state index is 12.7. The number of furan rings is 1. The number of halogens is 2. The number of carbonyl (C=O) groups is 1. The minimum Gasteiger partial charge on any atom is -0.461 e. The molecule has 2 heterocycles. The van der Waals surface area contributed by atoms with E-state index in [1.54, 1.807) is 49.4 Å². The third-order valence-electron chi connectivity index (χ3n) is 3.75. The first-order valence-electron chi connectivity index (χ1n) is 7.87. The Morgan fingerprint density at radius 2 is 1.89 bits per heavy atom. The Labute approximate surface area is 165 Å². The lowest BCUT2D eigenvalue weighted by Crippen LogP contribution is -2.05. The molecule has 0 saturated heterocycles. The largest absolute Gasteiger partial charge is 0.461 e. The van der Waals surface area contributed by atoms with E-state index in [0.717, 1.165) is 5.56 Å². The molecule has 0 spiro atoms. The second kappa shape index (κ2) is 8.09. The van der Waals surface area contributed by atoms with E-state index in [2.05, 4.69) is 10.3 Å². The van der Waals surface area contributed by atoms with Crippen molar-refractivity contribution in [2.24, 2.45) is 0 Å². The molecule has 0 aliphatic carbocycles. The third-order valence-corrected chi connectivity index (χ3v) is 4.22. The van der Waals surface area contributed by atoms with Crippen LogP contribution >= 0.6 is 23.2 Å². The highest BCUT2D eigenvalue weighted by Gasteiger charge is 2.19. The van der Waals surface area contributed by atoms with Gasteiger partial charge in [0.15, 0.2) is 0 Å². The number of aromatic nitrogens is 1. The predicted octanol–water partition coefficient (Wildman–Crippen LogP) is 5.66. The van der Waals surface area contributed by atoms with Crippen molar-refractivity contribution in [3.8, 4) is 17.4 Å². The van der Waals surface area contributed by atoms with Gasteiger partial charge in [0.2, 0.25) is 5.78 Å². The zero-order chi connectivity index (χ0) is 19.4. The maximum Gasteiger partial charge on any atom is 0.208 e. The minimum atomic E-state index is -0.444. The minimum absolute atomic E-state index is 0.0710. The molecule has 0 atom stereocenters. The van der Waals surface area contributed by atoms with E-state index in [0.29, 0.717) is 32.9 Å². The van der Waals surface area contributed by atoms with Crippen LogP contribution in [0, 0.1) is 18.3 Å². The molecule has 0 aliphatic heterocycles. The van der Waals surface area contributed by atoms with Crippen LogP contribution in [0.4, 0.5) is 5.82 Å². The van der Waals surface area contributed by atoms with Gasteiger partial charge < -0.3 is 9.73 Å². The number of Topliss-reactive ketones (excluding diaryl/α,β-unsaturated/α-hetero) is 1. The fraction of sp³-hybridized carbons (Fsp3) is 0.0500. The predicted molar refractivity (Wildman–Crippen MR) is 105 cm³/mol. The molecule has 2 aromatic heterocycles. The van der Waals surface area contributed by atoms with Crippen LogP contribution in [-0.4, -0.2) is 10.8 Å². The van der Waals surface area contributed by atoms with Crippen LogP contribution < -0.4 is 5.32 Å². The number of benzene rings is 1. The van der Waals surface area contributed by atoms with Crippen LogP contribution in [0.25, 0.3) is 11.3 Å². The third kappa shape index (κ3) is 4.37. The summed E-state index contributed by atoms with van der Waals surface area (Å²) in [7, 11) is 0. The molecule has 0 saturated carbocycles. The smallest absolute Gasteiger partial charge is 0.208 e. The Bertz CT molecular complexity index is 1050. The molecule has 3 aromatic rings. The molecule has 0 bridgehead atoms. The van der Waals surface area contributed by atoms with Crippen LogP contribution in [0.1, 0.15) is 16.1 Å². The highest BCUT2D eigenvalue weighted by Crippen LogP contribution is 2.28. The lowest BCUT2D eigenvalue weighted by Gasteiger charge is -2.01. The summed E-state index contributed by atoms with van der Waals surface area (Å²) in [4.78, 5) is 16.8. The number of anilines is 1. The molecule has 0 fully saturated rings. The van der Waals surface area contributed by atoms with Gasteiger partial charge in [0.25, 0.3) is 0 Å². The van der Waals surface area contributed by atoms with Crippen molar-refractivity contribution in [2.45, 2.75) is 6.92 Å². The Hall–Kier alpha value is -3.07. The number of aryl methyl sites for hydroxylation is 1. The van der Waals surface area contributed by atoms with Gasteiger partial charge in [-0.2, -0.15) is 5.26 Å². The molecule has 5 nitrogen and oxygen atoms in total. The number of allylic oxidation sites excluding steroid dienone is 1. The normalized spacial score (nSPS) is 11.1. The van der Waals surface area contributed by atoms with Crippen molar-refractivity contribution < 1.29 is 9.21 Å². The second-order valence-electron chi connectivity index (χ2n) is 5.59. The lowest BCUT2D eigenvalue weighted by molar-refractivity contribution is 0.103. The van der Waals surface area contributed by atoms with Gasteiger partial charge in [0.05, 0.1) is 10.6 Å². The SMILES string of the molecule is Cc1oc(-c2ccc(Cl)cc2)cc1C(=O)C(C#N)=CNc1ccc(Cl)cn1. The first-order chi connectivity index (χ1) is 13.0. The van der Waals surface area contributed by atoms with Crippen LogP contribution in [-0.2, 0) is 0 Å². The van der Waals surface area contributed by atoms with E-state index < -0.39 is 5.78 Å². The van der Waals surface area contributed by atoms with Crippen molar-refractivity contribution in [3.05, 3.63) is 81.8 Å². The molecule has 27 heavy (non-hydrogen) atoms. The molecular formula is C20H13Cl2N3O2. The van der Waals surface area contributed by atoms with Gasteiger partial charge in [-0.15, -0.1) is 0 Å². The average molecular weight is 398 g/mol. The van der Waals surface area contributed by atoms with Crippen LogP contribution in [0.15, 0.2) is 64.9 Å². The number of ketones is 1. The van der Waals surface area contributed by atoms with Crippen molar-refractivity contribution in [1.29, 1.82) is 5.26 Å². The van der Waals surface area contributed by atoms with Crippen molar-refractivity contribution >= 4 is 34.8 Å². The van der Waals surface area contributed by atoms with Gasteiger partial charge in [0.1, 0.15) is 29.0 Å². The van der Waals surface area contributed by atoms with E-state index >= 15 is 0 Å². The summed E-state index contributed by atoms with van der Waals surface area (Å²) >= 11 is 11.7. The van der Waals surface area contributed by atoms with Crippen molar-refractivity contribution in [2.75, 3.05) is 5.32 Å². The van der Waals surface area contributed by atoms with Crippen molar-refractivity contribution in [1.82, 2.24) is 4.98 Å². The number of rotatable bonds is 5. The monoisotopic (exact) mass is 397 g/mol. The summed E-state index contributed by atoms with van der Waals surface area (Å²) in [5.41, 5.74) is 1.03. The first-order valence-corrected chi connectivity index (χ1v) is 8.63. The molecule has 3 rings (SSSR count). The number of nitrogens with zero attached hydrogens (tertiary/aromatic N) is 2. The molecule has 0 radical (unpaired) electrons. The quantitative estimate of drug-likeness (QED) is 0.341. The van der Waals surface area contributed by atoms with Gasteiger partial charge in [0, 0.05) is 23.0 Å². The average Bonchev–Trinajstić information content (AvgIpc) is 3.05. The van der Waals surface area contributed by atoms with Gasteiger partial charge in [-0.05, 0) is 49.4 Å². The van der Waals surface area contributed by atoms with Gasteiger partial charge >= 0.3 is 0 Å². The zero-order valence-electron chi connectivity index (χ0n) is 14.2. The molecular weight excluding hydrogens is 385 g/mol. The van der Waals surface area contributed by atoms with Crippen molar-refractivity contribution in [3.63, 3.8) is 0 Å². The number of pyridine rings is 1.